The minimum atomic E-state index is -1.25. The van der Waals surface area contributed by atoms with Gasteiger partial charge in [-0.25, -0.2) is 0 Å². The number of ether oxygens (including phenoxy) is 1. The number of aryl methyl sites for hydroxylation is 1. The number of nitrogens with one attached hydrogen (secondary N) is 1. The van der Waals surface area contributed by atoms with Gasteiger partial charge in [0.05, 0.1) is 0 Å². The molecule has 1 rings (SSSR count). The average Bonchev–Trinajstić information content (AvgIpc) is 2.45. The standard InChI is InChI=1S/C14H22N2O4/c1-2-10-4-3-5-12(6-10)20-9-11(17)7-16-8-13(18)14(15)19/h3-6,11,13,16-18H,2,7-9H2,1H3,(H2,15,19). The van der Waals surface area contributed by atoms with E-state index in [-0.39, 0.29) is 19.7 Å². The number of amides is 1. The predicted molar refractivity (Wildman–Crippen MR) is 75.4 cm³/mol. The molecule has 1 amide bonds. The molecule has 1 aromatic rings. The van der Waals surface area contributed by atoms with Gasteiger partial charge in [-0.3, -0.25) is 4.79 Å². The Kier molecular flexibility index (Phi) is 7.00. The van der Waals surface area contributed by atoms with Crippen LogP contribution in [-0.2, 0) is 11.2 Å². The highest BCUT2D eigenvalue weighted by atomic mass is 16.5. The van der Waals surface area contributed by atoms with Gasteiger partial charge in [0.25, 0.3) is 0 Å². The van der Waals surface area contributed by atoms with E-state index in [4.69, 9.17) is 15.6 Å². The quantitative estimate of drug-likeness (QED) is 0.485. The van der Waals surface area contributed by atoms with Crippen molar-refractivity contribution >= 4 is 5.91 Å². The minimum absolute atomic E-state index is 0.0116. The maximum Gasteiger partial charge on any atom is 0.247 e. The Labute approximate surface area is 118 Å². The van der Waals surface area contributed by atoms with Crippen molar-refractivity contribution in [2.75, 3.05) is 19.7 Å². The van der Waals surface area contributed by atoms with E-state index in [0.717, 1.165) is 6.42 Å². The fourth-order valence-corrected chi connectivity index (χ4v) is 1.59. The number of nitrogens with two attached hydrogens (primary N) is 1. The Morgan fingerprint density at radius 2 is 2.15 bits per heavy atom. The number of carbonyl (C=O) groups is 1. The first kappa shape index (κ1) is 16.4. The summed E-state index contributed by atoms with van der Waals surface area (Å²) >= 11 is 0. The molecule has 0 bridgehead atoms. The highest BCUT2D eigenvalue weighted by Gasteiger charge is 2.11. The maximum absolute atomic E-state index is 10.6. The van der Waals surface area contributed by atoms with Gasteiger partial charge in [-0.1, -0.05) is 19.1 Å². The van der Waals surface area contributed by atoms with Crippen molar-refractivity contribution in [3.63, 3.8) is 0 Å². The third-order valence-electron chi connectivity index (χ3n) is 2.80. The van der Waals surface area contributed by atoms with Crippen molar-refractivity contribution in [3.05, 3.63) is 29.8 Å². The Morgan fingerprint density at radius 3 is 2.80 bits per heavy atom. The van der Waals surface area contributed by atoms with Crippen LogP contribution in [0.1, 0.15) is 12.5 Å². The summed E-state index contributed by atoms with van der Waals surface area (Å²) in [5.41, 5.74) is 6.07. The predicted octanol–water partition coefficient (Wildman–Crippen LogP) is -0.575. The maximum atomic E-state index is 10.6. The lowest BCUT2D eigenvalue weighted by Crippen LogP contribution is -2.41. The number of carbonyl (C=O) groups excluding carboxylic acids is 1. The van der Waals surface area contributed by atoms with Gasteiger partial charge in [-0.2, -0.15) is 0 Å². The van der Waals surface area contributed by atoms with Crippen LogP contribution in [0.15, 0.2) is 24.3 Å². The molecule has 112 valence electrons. The second kappa shape index (κ2) is 8.52. The van der Waals surface area contributed by atoms with E-state index in [1.807, 2.05) is 24.3 Å². The summed E-state index contributed by atoms with van der Waals surface area (Å²) in [4.78, 5) is 10.6. The summed E-state index contributed by atoms with van der Waals surface area (Å²) in [7, 11) is 0. The van der Waals surface area contributed by atoms with Gasteiger partial charge in [-0.15, -0.1) is 0 Å². The van der Waals surface area contributed by atoms with Gasteiger partial charge in [0.15, 0.2) is 0 Å². The number of benzene rings is 1. The second-order valence-electron chi connectivity index (χ2n) is 4.54. The van der Waals surface area contributed by atoms with E-state index >= 15 is 0 Å². The molecule has 1 aromatic carbocycles. The Bertz CT molecular complexity index is 425. The highest BCUT2D eigenvalue weighted by Crippen LogP contribution is 2.13. The molecule has 0 spiro atoms. The number of aliphatic hydroxyl groups excluding tert-OH is 2. The van der Waals surface area contributed by atoms with Gasteiger partial charge >= 0.3 is 0 Å². The number of hydrogen-bond donors (Lipinski definition) is 4. The molecule has 0 saturated heterocycles. The topological polar surface area (TPSA) is 105 Å². The summed E-state index contributed by atoms with van der Waals surface area (Å²) < 4.78 is 5.47. The molecule has 0 aliphatic heterocycles. The van der Waals surface area contributed by atoms with Crippen molar-refractivity contribution in [3.8, 4) is 5.75 Å². The molecule has 2 atom stereocenters. The van der Waals surface area contributed by atoms with E-state index in [2.05, 4.69) is 12.2 Å². The molecule has 0 saturated carbocycles. The zero-order chi connectivity index (χ0) is 15.0. The first-order valence-corrected chi connectivity index (χ1v) is 6.60. The fraction of sp³-hybridized carbons (Fsp3) is 0.500. The van der Waals surface area contributed by atoms with E-state index in [0.29, 0.717) is 5.75 Å². The van der Waals surface area contributed by atoms with Crippen molar-refractivity contribution in [1.29, 1.82) is 0 Å². The van der Waals surface area contributed by atoms with Crippen LogP contribution in [0, 0.1) is 0 Å². The monoisotopic (exact) mass is 282 g/mol. The summed E-state index contributed by atoms with van der Waals surface area (Å²) in [6.45, 7) is 2.41. The summed E-state index contributed by atoms with van der Waals surface area (Å²) in [5, 5.41) is 21.6. The molecule has 0 aliphatic carbocycles. The minimum Gasteiger partial charge on any atom is -0.491 e. The molecule has 0 fully saturated rings. The summed E-state index contributed by atoms with van der Waals surface area (Å²) in [5.74, 6) is -0.0832. The number of aliphatic hydroxyl groups is 2. The highest BCUT2D eigenvalue weighted by molar-refractivity contribution is 5.78. The normalized spacial score (nSPS) is 13.8. The molecule has 2 unspecified atom stereocenters. The van der Waals surface area contributed by atoms with Crippen LogP contribution >= 0.6 is 0 Å². The van der Waals surface area contributed by atoms with Crippen LogP contribution in [0.25, 0.3) is 0 Å². The second-order valence-corrected chi connectivity index (χ2v) is 4.54. The Balaban J connectivity index is 2.25. The number of hydrogen-bond acceptors (Lipinski definition) is 5. The summed E-state index contributed by atoms with van der Waals surface area (Å²) in [6, 6.07) is 7.67. The third kappa shape index (κ3) is 6.01. The van der Waals surface area contributed by atoms with Crippen molar-refractivity contribution in [2.45, 2.75) is 25.6 Å². The smallest absolute Gasteiger partial charge is 0.247 e. The van der Waals surface area contributed by atoms with Gasteiger partial charge in [-0.05, 0) is 24.1 Å². The van der Waals surface area contributed by atoms with Crippen LogP contribution in [-0.4, -0.2) is 48.0 Å². The van der Waals surface area contributed by atoms with Crippen LogP contribution in [0.2, 0.25) is 0 Å². The Morgan fingerprint density at radius 1 is 1.40 bits per heavy atom. The summed E-state index contributed by atoms with van der Waals surface area (Å²) in [6.07, 6.45) is -1.06. The van der Waals surface area contributed by atoms with E-state index in [1.54, 1.807) is 0 Å². The lowest BCUT2D eigenvalue weighted by atomic mass is 10.2. The zero-order valence-electron chi connectivity index (χ0n) is 11.6. The van der Waals surface area contributed by atoms with Gasteiger partial charge in [0, 0.05) is 13.1 Å². The molecule has 20 heavy (non-hydrogen) atoms. The van der Waals surface area contributed by atoms with Crippen LogP contribution < -0.4 is 15.8 Å². The van der Waals surface area contributed by atoms with Crippen LogP contribution in [0.5, 0.6) is 5.75 Å². The fourth-order valence-electron chi connectivity index (χ4n) is 1.59. The van der Waals surface area contributed by atoms with Crippen LogP contribution in [0.4, 0.5) is 0 Å². The third-order valence-corrected chi connectivity index (χ3v) is 2.80. The van der Waals surface area contributed by atoms with E-state index < -0.39 is 18.1 Å². The van der Waals surface area contributed by atoms with Gasteiger partial charge < -0.3 is 26.0 Å². The van der Waals surface area contributed by atoms with E-state index in [1.165, 1.54) is 5.56 Å². The Hall–Kier alpha value is -1.63. The molecular weight excluding hydrogens is 260 g/mol. The first-order valence-electron chi connectivity index (χ1n) is 6.60. The van der Waals surface area contributed by atoms with Crippen LogP contribution in [0.3, 0.4) is 0 Å². The number of rotatable bonds is 9. The number of primary amides is 1. The molecule has 5 N–H and O–H groups in total. The molecular formula is C14H22N2O4. The molecule has 0 aliphatic rings. The van der Waals surface area contributed by atoms with Crippen molar-refractivity contribution in [2.24, 2.45) is 5.73 Å². The molecule has 0 heterocycles. The first-order chi connectivity index (χ1) is 9.52. The molecule has 6 heteroatoms. The lowest BCUT2D eigenvalue weighted by Gasteiger charge is -2.14. The average molecular weight is 282 g/mol. The molecule has 0 radical (unpaired) electrons. The molecule has 6 nitrogen and oxygen atoms in total. The van der Waals surface area contributed by atoms with Gasteiger partial charge in [0.1, 0.15) is 24.6 Å². The van der Waals surface area contributed by atoms with Crippen molar-refractivity contribution in [1.82, 2.24) is 5.32 Å². The zero-order valence-corrected chi connectivity index (χ0v) is 11.6. The van der Waals surface area contributed by atoms with Gasteiger partial charge in [0.2, 0.25) is 5.91 Å². The molecule has 0 aromatic heterocycles. The largest absolute Gasteiger partial charge is 0.491 e. The van der Waals surface area contributed by atoms with E-state index in [9.17, 15) is 9.90 Å². The lowest BCUT2D eigenvalue weighted by molar-refractivity contribution is -0.125. The SMILES string of the molecule is CCc1cccc(OCC(O)CNCC(O)C(N)=O)c1. The van der Waals surface area contributed by atoms with Crippen molar-refractivity contribution < 1.29 is 19.7 Å².